The van der Waals surface area contributed by atoms with Crippen LogP contribution in [0.4, 0.5) is 0 Å². The summed E-state index contributed by atoms with van der Waals surface area (Å²) in [4.78, 5) is 15.6. The van der Waals surface area contributed by atoms with Crippen LogP contribution in [0, 0.1) is 0 Å². The van der Waals surface area contributed by atoms with Gasteiger partial charge in [-0.1, -0.05) is 25.4 Å². The van der Waals surface area contributed by atoms with Gasteiger partial charge in [-0.2, -0.15) is 5.10 Å². The molecule has 0 atom stereocenters. The van der Waals surface area contributed by atoms with Gasteiger partial charge in [-0.3, -0.25) is 14.0 Å². The van der Waals surface area contributed by atoms with Gasteiger partial charge in [0.1, 0.15) is 5.15 Å². The molecule has 0 fully saturated rings. The van der Waals surface area contributed by atoms with Gasteiger partial charge < -0.3 is 0 Å². The van der Waals surface area contributed by atoms with Crippen LogP contribution in [0.1, 0.15) is 38.4 Å². The summed E-state index contributed by atoms with van der Waals surface area (Å²) in [5.74, 6) is 0. The van der Waals surface area contributed by atoms with Crippen molar-refractivity contribution in [2.24, 2.45) is 0 Å². The molecule has 2 heterocycles. The fraction of sp³-hybridized carbons (Fsp3) is 0.462. The van der Waals surface area contributed by atoms with E-state index >= 15 is 0 Å². The van der Waals surface area contributed by atoms with Gasteiger partial charge >= 0.3 is 0 Å². The fourth-order valence-electron chi connectivity index (χ4n) is 2.02. The number of hydrogen-bond donors (Lipinski definition) is 0. The maximum atomic E-state index is 11.7. The molecule has 102 valence electrons. The Balaban J connectivity index is 2.18. The van der Waals surface area contributed by atoms with Gasteiger partial charge in [-0.05, 0) is 18.9 Å². The lowest BCUT2D eigenvalue weighted by Gasteiger charge is -2.12. The number of nitrogens with zero attached hydrogens (tertiary/aromatic N) is 4. The Hall–Kier alpha value is -1.62. The molecule has 0 aliphatic carbocycles. The van der Waals surface area contributed by atoms with Crippen LogP contribution in [0.15, 0.2) is 29.5 Å². The molecule has 0 spiro atoms. The van der Waals surface area contributed by atoms with Crippen molar-refractivity contribution >= 4 is 11.6 Å². The second kappa shape index (κ2) is 6.02. The third-order valence-corrected chi connectivity index (χ3v) is 3.37. The van der Waals surface area contributed by atoms with E-state index in [2.05, 4.69) is 23.9 Å². The van der Waals surface area contributed by atoms with E-state index in [9.17, 15) is 4.79 Å². The van der Waals surface area contributed by atoms with Crippen molar-refractivity contribution in [3.05, 3.63) is 45.9 Å². The summed E-state index contributed by atoms with van der Waals surface area (Å²) in [6.07, 6.45) is 5.49. The Labute approximate surface area is 116 Å². The van der Waals surface area contributed by atoms with Crippen molar-refractivity contribution in [2.75, 3.05) is 0 Å². The lowest BCUT2D eigenvalue weighted by atomic mass is 10.2. The molecule has 0 aliphatic rings. The van der Waals surface area contributed by atoms with E-state index < -0.39 is 0 Å². The number of hydrogen-bond acceptors (Lipinski definition) is 3. The van der Waals surface area contributed by atoms with E-state index in [-0.39, 0.29) is 10.7 Å². The number of halogens is 1. The highest BCUT2D eigenvalue weighted by Gasteiger charge is 2.08. The molecule has 2 rings (SSSR count). The van der Waals surface area contributed by atoms with Crippen molar-refractivity contribution < 1.29 is 0 Å². The molecule has 2 aromatic rings. The summed E-state index contributed by atoms with van der Waals surface area (Å²) in [7, 11) is 0. The van der Waals surface area contributed by atoms with Crippen molar-refractivity contribution in [1.29, 1.82) is 0 Å². The third-order valence-electron chi connectivity index (χ3n) is 3.16. The fourth-order valence-corrected chi connectivity index (χ4v) is 2.16. The average molecular weight is 281 g/mol. The van der Waals surface area contributed by atoms with Crippen LogP contribution >= 0.6 is 11.6 Å². The summed E-state index contributed by atoms with van der Waals surface area (Å²) < 4.78 is 3.45. The van der Waals surface area contributed by atoms with Crippen molar-refractivity contribution in [1.82, 2.24) is 19.3 Å². The predicted octanol–water partition coefficient (Wildman–Crippen LogP) is 2.50. The first-order valence-corrected chi connectivity index (χ1v) is 6.77. The molecule has 0 aromatic carbocycles. The van der Waals surface area contributed by atoms with Crippen molar-refractivity contribution in [3.8, 4) is 0 Å². The summed E-state index contributed by atoms with van der Waals surface area (Å²) in [5.41, 5.74) is 0.676. The van der Waals surface area contributed by atoms with Gasteiger partial charge in [0.2, 0.25) is 0 Å². The highest BCUT2D eigenvalue weighted by Crippen LogP contribution is 2.14. The molecule has 5 nitrogen and oxygen atoms in total. The first-order valence-electron chi connectivity index (χ1n) is 6.40. The van der Waals surface area contributed by atoms with Gasteiger partial charge in [0, 0.05) is 12.3 Å². The zero-order chi connectivity index (χ0) is 13.8. The minimum Gasteiger partial charge on any atom is -0.293 e. The Morgan fingerprint density at radius 1 is 1.37 bits per heavy atom. The summed E-state index contributed by atoms with van der Waals surface area (Å²) in [6.45, 7) is 4.70. The Morgan fingerprint density at radius 3 is 2.74 bits per heavy atom. The summed E-state index contributed by atoms with van der Waals surface area (Å²) >= 11 is 5.66. The lowest BCUT2D eigenvalue weighted by Crippen LogP contribution is -2.20. The molecule has 6 heteroatoms. The summed E-state index contributed by atoms with van der Waals surface area (Å²) in [5, 5.41) is 4.72. The van der Waals surface area contributed by atoms with Crippen LogP contribution in [-0.4, -0.2) is 19.3 Å². The molecule has 0 amide bonds. The molecule has 0 bridgehead atoms. The Kier molecular flexibility index (Phi) is 4.37. The molecule has 0 saturated heterocycles. The largest absolute Gasteiger partial charge is 0.293 e. The maximum Gasteiger partial charge on any atom is 0.255 e. The van der Waals surface area contributed by atoms with Gasteiger partial charge in [-0.15, -0.1) is 0 Å². The van der Waals surface area contributed by atoms with E-state index in [1.165, 1.54) is 17.0 Å². The highest BCUT2D eigenvalue weighted by molar-refractivity contribution is 6.29. The maximum absolute atomic E-state index is 11.7. The summed E-state index contributed by atoms with van der Waals surface area (Å²) in [6, 6.07) is 3.65. The van der Waals surface area contributed by atoms with Crippen LogP contribution in [0.2, 0.25) is 5.15 Å². The molecule has 2 aromatic heterocycles. The number of aromatic nitrogens is 4. The monoisotopic (exact) mass is 280 g/mol. The van der Waals surface area contributed by atoms with Gasteiger partial charge in [0.05, 0.1) is 24.6 Å². The highest BCUT2D eigenvalue weighted by atomic mass is 35.5. The minimum atomic E-state index is -0.169. The van der Waals surface area contributed by atoms with Crippen molar-refractivity contribution in [3.63, 3.8) is 0 Å². The molecule has 0 N–H and O–H groups in total. The van der Waals surface area contributed by atoms with Crippen LogP contribution < -0.4 is 5.56 Å². The first-order chi connectivity index (χ1) is 9.13. The van der Waals surface area contributed by atoms with Gasteiger partial charge in [-0.25, -0.2) is 4.98 Å². The standard InChI is InChI=1S/C13H17ClN4O/c1-3-11(4-2)18-6-5-10(16-18)8-17-9-15-12(14)7-13(17)19/h5-7,9,11H,3-4,8H2,1-2H3. The molecule has 19 heavy (non-hydrogen) atoms. The number of rotatable bonds is 5. The van der Waals surface area contributed by atoms with Crippen LogP contribution in [0.25, 0.3) is 0 Å². The first kappa shape index (κ1) is 13.8. The molecule has 0 radical (unpaired) electrons. The van der Waals surface area contributed by atoms with Gasteiger partial charge in [0.25, 0.3) is 5.56 Å². The smallest absolute Gasteiger partial charge is 0.255 e. The van der Waals surface area contributed by atoms with Crippen LogP contribution in [-0.2, 0) is 6.54 Å². The van der Waals surface area contributed by atoms with Crippen molar-refractivity contribution in [2.45, 2.75) is 39.3 Å². The molecule has 0 saturated carbocycles. The Bertz CT molecular complexity index is 601. The molecule has 0 aliphatic heterocycles. The van der Waals surface area contributed by atoms with Crippen LogP contribution in [0.3, 0.4) is 0 Å². The average Bonchev–Trinajstić information content (AvgIpc) is 2.83. The van der Waals surface area contributed by atoms with E-state index in [1.807, 2.05) is 16.9 Å². The third kappa shape index (κ3) is 3.23. The Morgan fingerprint density at radius 2 is 2.11 bits per heavy atom. The quantitative estimate of drug-likeness (QED) is 0.791. The van der Waals surface area contributed by atoms with E-state index in [4.69, 9.17) is 11.6 Å². The lowest BCUT2D eigenvalue weighted by molar-refractivity contribution is 0.424. The van der Waals surface area contributed by atoms with Gasteiger partial charge in [0.15, 0.2) is 0 Å². The minimum absolute atomic E-state index is 0.169. The SMILES string of the molecule is CCC(CC)n1ccc(Cn2cnc(Cl)cc2=O)n1. The predicted molar refractivity (Wildman–Crippen MR) is 74.5 cm³/mol. The molecular formula is C13H17ClN4O. The van der Waals surface area contributed by atoms with Crippen LogP contribution in [0.5, 0.6) is 0 Å². The zero-order valence-electron chi connectivity index (χ0n) is 11.1. The zero-order valence-corrected chi connectivity index (χ0v) is 11.8. The molecule has 0 unspecified atom stereocenters. The molecular weight excluding hydrogens is 264 g/mol. The normalized spacial score (nSPS) is 11.2. The topological polar surface area (TPSA) is 52.7 Å². The second-order valence-corrected chi connectivity index (χ2v) is 4.82. The van der Waals surface area contributed by atoms with E-state index in [0.717, 1.165) is 18.5 Å². The van der Waals surface area contributed by atoms with E-state index in [1.54, 1.807) is 0 Å². The second-order valence-electron chi connectivity index (χ2n) is 4.44. The van der Waals surface area contributed by atoms with E-state index in [0.29, 0.717) is 12.6 Å².